The zero-order chi connectivity index (χ0) is 21.4. The first-order valence-corrected chi connectivity index (χ1v) is 10.2. The van der Waals surface area contributed by atoms with Gasteiger partial charge >= 0.3 is 0 Å². The molecule has 1 aliphatic rings. The molecule has 1 aliphatic heterocycles. The minimum absolute atomic E-state index is 0.0594. The largest absolute Gasteiger partial charge is 0.508 e. The number of phenols is 1. The molecule has 30 heavy (non-hydrogen) atoms. The van der Waals surface area contributed by atoms with Crippen molar-refractivity contribution in [2.75, 3.05) is 31.1 Å². The highest BCUT2D eigenvalue weighted by Crippen LogP contribution is 2.30. The SMILES string of the molecule is Cn1c(=O)c(C#N)c(N2CCN(Cc3c(O)cccc3F)CC2)c2nc(Br)ccc21. The third kappa shape index (κ3) is 3.53. The number of aromatic hydroxyl groups is 1. The van der Waals surface area contributed by atoms with Gasteiger partial charge in [-0.3, -0.25) is 9.69 Å². The smallest absolute Gasteiger partial charge is 0.270 e. The highest BCUT2D eigenvalue weighted by atomic mass is 79.9. The lowest BCUT2D eigenvalue weighted by Crippen LogP contribution is -2.47. The normalized spacial score (nSPS) is 14.8. The van der Waals surface area contributed by atoms with Crippen molar-refractivity contribution in [3.05, 3.63) is 62.2 Å². The Balaban J connectivity index is 1.65. The van der Waals surface area contributed by atoms with Gasteiger partial charge in [0.05, 0.1) is 11.2 Å². The monoisotopic (exact) mass is 471 g/mol. The van der Waals surface area contributed by atoms with Crippen LogP contribution in [0.1, 0.15) is 11.1 Å². The topological polar surface area (TPSA) is 85.4 Å². The number of benzene rings is 1. The number of hydrogen-bond donors (Lipinski definition) is 1. The Kier molecular flexibility index (Phi) is 5.45. The van der Waals surface area contributed by atoms with E-state index in [0.717, 1.165) is 0 Å². The quantitative estimate of drug-likeness (QED) is 0.591. The number of aromatic nitrogens is 2. The van der Waals surface area contributed by atoms with Crippen molar-refractivity contribution in [2.24, 2.45) is 7.05 Å². The number of nitriles is 1. The minimum Gasteiger partial charge on any atom is -0.508 e. The van der Waals surface area contributed by atoms with Crippen molar-refractivity contribution in [2.45, 2.75) is 6.54 Å². The Morgan fingerprint density at radius 2 is 1.97 bits per heavy atom. The van der Waals surface area contributed by atoms with Crippen molar-refractivity contribution >= 4 is 32.7 Å². The molecule has 1 aromatic carbocycles. The van der Waals surface area contributed by atoms with Gasteiger partial charge in [-0.2, -0.15) is 5.26 Å². The van der Waals surface area contributed by atoms with Crippen LogP contribution in [0.25, 0.3) is 11.0 Å². The average Bonchev–Trinajstić information content (AvgIpc) is 2.74. The van der Waals surface area contributed by atoms with Gasteiger partial charge in [-0.15, -0.1) is 0 Å². The number of anilines is 1. The van der Waals surface area contributed by atoms with E-state index in [1.165, 1.54) is 22.8 Å². The summed E-state index contributed by atoms with van der Waals surface area (Å²) in [7, 11) is 1.63. The summed E-state index contributed by atoms with van der Waals surface area (Å²) in [5, 5.41) is 19.6. The number of aryl methyl sites for hydroxylation is 1. The first-order valence-electron chi connectivity index (χ1n) is 9.43. The molecule has 0 aliphatic carbocycles. The second kappa shape index (κ2) is 8.05. The van der Waals surface area contributed by atoms with E-state index in [4.69, 9.17) is 0 Å². The molecule has 0 atom stereocenters. The number of halogens is 2. The van der Waals surface area contributed by atoms with Crippen LogP contribution < -0.4 is 10.5 Å². The molecule has 0 radical (unpaired) electrons. The van der Waals surface area contributed by atoms with Crippen LogP contribution in [0.2, 0.25) is 0 Å². The molecule has 4 rings (SSSR count). The van der Waals surface area contributed by atoms with Gasteiger partial charge in [-0.05, 0) is 40.2 Å². The first-order chi connectivity index (χ1) is 14.4. The van der Waals surface area contributed by atoms with Gasteiger partial charge in [0.25, 0.3) is 5.56 Å². The lowest BCUT2D eigenvalue weighted by molar-refractivity contribution is 0.243. The van der Waals surface area contributed by atoms with E-state index >= 15 is 0 Å². The van der Waals surface area contributed by atoms with Crippen LogP contribution in [0.15, 0.2) is 39.7 Å². The number of phenolic OH excluding ortho intramolecular Hbond substituents is 1. The van der Waals surface area contributed by atoms with E-state index < -0.39 is 5.82 Å². The van der Waals surface area contributed by atoms with Crippen LogP contribution in [-0.2, 0) is 13.6 Å². The van der Waals surface area contributed by atoms with Gasteiger partial charge in [0, 0.05) is 45.3 Å². The van der Waals surface area contributed by atoms with E-state index in [9.17, 15) is 19.6 Å². The van der Waals surface area contributed by atoms with Crippen LogP contribution in [0, 0.1) is 17.1 Å². The minimum atomic E-state index is -0.434. The van der Waals surface area contributed by atoms with Crippen LogP contribution >= 0.6 is 15.9 Å². The van der Waals surface area contributed by atoms with Crippen LogP contribution in [0.3, 0.4) is 0 Å². The summed E-state index contributed by atoms with van der Waals surface area (Å²) in [5.41, 5.74) is 1.75. The number of pyridine rings is 2. The fourth-order valence-electron chi connectivity index (χ4n) is 3.84. The molecule has 7 nitrogen and oxygen atoms in total. The zero-order valence-corrected chi connectivity index (χ0v) is 17.9. The molecular weight excluding hydrogens is 453 g/mol. The summed E-state index contributed by atoms with van der Waals surface area (Å²) < 4.78 is 16.1. The summed E-state index contributed by atoms with van der Waals surface area (Å²) in [6.07, 6.45) is 0. The third-order valence-electron chi connectivity index (χ3n) is 5.46. The van der Waals surface area contributed by atoms with Crippen molar-refractivity contribution < 1.29 is 9.50 Å². The van der Waals surface area contributed by atoms with E-state index in [1.54, 1.807) is 19.2 Å². The lowest BCUT2D eigenvalue weighted by atomic mass is 10.1. The Hall–Kier alpha value is -2.96. The molecule has 0 amide bonds. The van der Waals surface area contributed by atoms with E-state index in [-0.39, 0.29) is 22.4 Å². The molecule has 9 heteroatoms. The van der Waals surface area contributed by atoms with Gasteiger partial charge in [0.1, 0.15) is 33.3 Å². The van der Waals surface area contributed by atoms with Crippen LogP contribution in [-0.4, -0.2) is 45.7 Å². The summed E-state index contributed by atoms with van der Waals surface area (Å²) in [6, 6.07) is 9.90. The molecule has 1 N–H and O–H groups in total. The fourth-order valence-corrected chi connectivity index (χ4v) is 4.14. The summed E-state index contributed by atoms with van der Waals surface area (Å²) >= 11 is 3.37. The van der Waals surface area contributed by atoms with Gasteiger partial charge in [-0.25, -0.2) is 9.37 Å². The second-order valence-corrected chi connectivity index (χ2v) is 8.01. The van der Waals surface area contributed by atoms with Gasteiger partial charge in [0.15, 0.2) is 0 Å². The average molecular weight is 472 g/mol. The molecule has 1 saturated heterocycles. The Labute approximate surface area is 180 Å². The molecular formula is C21H19BrFN5O2. The Morgan fingerprint density at radius 3 is 2.63 bits per heavy atom. The van der Waals surface area contributed by atoms with Gasteiger partial charge < -0.3 is 14.6 Å². The molecule has 154 valence electrons. The highest BCUT2D eigenvalue weighted by molar-refractivity contribution is 9.10. The molecule has 0 unspecified atom stereocenters. The number of rotatable bonds is 3. The maximum absolute atomic E-state index is 14.1. The van der Waals surface area contributed by atoms with Crippen molar-refractivity contribution in [3.63, 3.8) is 0 Å². The fraction of sp³-hybridized carbons (Fsp3) is 0.286. The van der Waals surface area contributed by atoms with E-state index in [1.807, 2.05) is 9.80 Å². The molecule has 2 aromatic heterocycles. The van der Waals surface area contributed by atoms with E-state index in [2.05, 4.69) is 27.0 Å². The molecule has 3 aromatic rings. The molecule has 0 spiro atoms. The summed E-state index contributed by atoms with van der Waals surface area (Å²) in [4.78, 5) is 21.3. The van der Waals surface area contributed by atoms with Crippen LogP contribution in [0.4, 0.5) is 10.1 Å². The number of hydrogen-bond acceptors (Lipinski definition) is 6. The maximum atomic E-state index is 14.1. The summed E-state index contributed by atoms with van der Waals surface area (Å²) in [5.74, 6) is -0.494. The number of nitrogens with zero attached hydrogens (tertiary/aromatic N) is 5. The Bertz CT molecular complexity index is 1210. The van der Waals surface area contributed by atoms with Crippen molar-refractivity contribution in [1.29, 1.82) is 5.26 Å². The summed E-state index contributed by atoms with van der Waals surface area (Å²) in [6.45, 7) is 2.55. The molecule has 0 bridgehead atoms. The van der Waals surface area contributed by atoms with Crippen molar-refractivity contribution in [3.8, 4) is 11.8 Å². The second-order valence-electron chi connectivity index (χ2n) is 7.20. The maximum Gasteiger partial charge on any atom is 0.270 e. The Morgan fingerprint density at radius 1 is 1.23 bits per heavy atom. The van der Waals surface area contributed by atoms with Crippen LogP contribution in [0.5, 0.6) is 5.75 Å². The number of piperazine rings is 1. The van der Waals surface area contributed by atoms with Gasteiger partial charge in [-0.1, -0.05) is 6.07 Å². The molecule has 1 fully saturated rings. The van der Waals surface area contributed by atoms with E-state index in [0.29, 0.717) is 54.0 Å². The van der Waals surface area contributed by atoms with Crippen molar-refractivity contribution in [1.82, 2.24) is 14.5 Å². The number of fused-ring (bicyclic) bond motifs is 1. The third-order valence-corrected chi connectivity index (χ3v) is 5.90. The highest BCUT2D eigenvalue weighted by Gasteiger charge is 2.26. The predicted molar refractivity (Wildman–Crippen MR) is 115 cm³/mol. The molecule has 3 heterocycles. The molecule has 0 saturated carbocycles. The first kappa shape index (κ1) is 20.3. The standard InChI is InChI=1S/C21H19BrFN5O2/c1-26-16-5-6-18(22)25-19(16)20(13(11-24)21(26)30)28-9-7-27(8-10-28)12-14-15(23)3-2-4-17(14)29/h2-6,29H,7-10,12H2,1H3. The predicted octanol–water partition coefficient (Wildman–Crippen LogP) is 2.73. The van der Waals surface area contributed by atoms with Gasteiger partial charge in [0.2, 0.25) is 0 Å². The zero-order valence-electron chi connectivity index (χ0n) is 16.3. The lowest BCUT2D eigenvalue weighted by Gasteiger charge is -2.36.